The maximum absolute atomic E-state index is 13.0. The maximum atomic E-state index is 13.0. The first-order valence-electron chi connectivity index (χ1n) is 10.1. The number of nitrogens with zero attached hydrogens (tertiary/aromatic N) is 2. The van der Waals surface area contributed by atoms with Crippen molar-refractivity contribution in [2.75, 3.05) is 19.0 Å². The summed E-state index contributed by atoms with van der Waals surface area (Å²) in [5, 5.41) is 3.02. The highest BCUT2D eigenvalue weighted by atomic mass is 32.2. The normalized spacial score (nSPS) is 17.4. The summed E-state index contributed by atoms with van der Waals surface area (Å²) >= 11 is 1.36. The largest absolute Gasteiger partial charge is 0.495 e. The molecule has 1 atom stereocenters. The number of aliphatic imine (C=N–C) groups is 1. The van der Waals surface area contributed by atoms with Crippen LogP contribution in [0, 0.1) is 6.92 Å². The van der Waals surface area contributed by atoms with Gasteiger partial charge in [-0.2, -0.15) is 0 Å². The number of unbranched alkanes of at least 4 members (excludes halogenated alkanes) is 1. The molecule has 0 spiro atoms. The number of anilines is 1. The summed E-state index contributed by atoms with van der Waals surface area (Å²) in [5.41, 5.74) is 2.55. The van der Waals surface area contributed by atoms with E-state index in [1.165, 1.54) is 11.8 Å². The number of carbonyl (C=O) groups is 2. The third kappa shape index (κ3) is 5.42. The highest BCUT2D eigenvalue weighted by Gasteiger charge is 2.38. The Morgan fingerprint density at radius 1 is 1.20 bits per heavy atom. The van der Waals surface area contributed by atoms with Crippen molar-refractivity contribution in [3.8, 4) is 5.75 Å². The number of amidine groups is 1. The SMILES string of the molecule is CCCCN1C(=O)[C@H](CC(=O)Nc2ccccc2OC)SC1=Nc1ccc(C)cc1. The Labute approximate surface area is 181 Å². The number of nitrogens with one attached hydrogen (secondary N) is 1. The molecule has 1 aliphatic rings. The lowest BCUT2D eigenvalue weighted by molar-refractivity contribution is -0.128. The van der Waals surface area contributed by atoms with Gasteiger partial charge in [0.25, 0.3) is 0 Å². The van der Waals surface area contributed by atoms with Crippen LogP contribution in [0.1, 0.15) is 31.7 Å². The average molecular weight is 426 g/mol. The van der Waals surface area contributed by atoms with Crippen LogP contribution in [0.15, 0.2) is 53.5 Å². The van der Waals surface area contributed by atoms with Gasteiger partial charge in [0.2, 0.25) is 11.8 Å². The number of ether oxygens (including phenoxy) is 1. The molecule has 158 valence electrons. The number of aryl methyl sites for hydroxylation is 1. The van der Waals surface area contributed by atoms with Crippen molar-refractivity contribution in [3.63, 3.8) is 0 Å². The number of para-hydroxylation sites is 2. The Bertz CT molecular complexity index is 928. The molecule has 0 unspecified atom stereocenters. The first-order valence-corrected chi connectivity index (χ1v) is 11.0. The molecule has 6 nitrogen and oxygen atoms in total. The molecule has 0 aliphatic carbocycles. The summed E-state index contributed by atoms with van der Waals surface area (Å²) in [4.78, 5) is 32.0. The van der Waals surface area contributed by atoms with Crippen LogP contribution in [0.2, 0.25) is 0 Å². The molecule has 7 heteroatoms. The van der Waals surface area contributed by atoms with E-state index in [2.05, 4.69) is 17.2 Å². The molecule has 0 radical (unpaired) electrons. The minimum Gasteiger partial charge on any atom is -0.495 e. The Balaban J connectivity index is 1.74. The lowest BCUT2D eigenvalue weighted by Crippen LogP contribution is -2.34. The molecule has 2 amide bonds. The van der Waals surface area contributed by atoms with E-state index < -0.39 is 5.25 Å². The highest BCUT2D eigenvalue weighted by Crippen LogP contribution is 2.32. The lowest BCUT2D eigenvalue weighted by atomic mass is 10.2. The fraction of sp³-hybridized carbons (Fsp3) is 0.348. The highest BCUT2D eigenvalue weighted by molar-refractivity contribution is 8.15. The van der Waals surface area contributed by atoms with Crippen molar-refractivity contribution in [3.05, 3.63) is 54.1 Å². The first kappa shape index (κ1) is 21.9. The summed E-state index contributed by atoms with van der Waals surface area (Å²) in [6.07, 6.45) is 1.95. The minimum atomic E-state index is -0.485. The smallest absolute Gasteiger partial charge is 0.242 e. The number of rotatable bonds is 8. The molecule has 0 bridgehead atoms. The molecule has 1 aliphatic heterocycles. The second kappa shape index (κ2) is 10.3. The van der Waals surface area contributed by atoms with Gasteiger partial charge in [-0.25, -0.2) is 4.99 Å². The second-order valence-corrected chi connectivity index (χ2v) is 8.30. The van der Waals surface area contributed by atoms with Crippen LogP contribution in [0.4, 0.5) is 11.4 Å². The summed E-state index contributed by atoms with van der Waals surface area (Å²) in [7, 11) is 1.56. The summed E-state index contributed by atoms with van der Waals surface area (Å²) in [5.74, 6) is 0.300. The van der Waals surface area contributed by atoms with Crippen molar-refractivity contribution in [1.29, 1.82) is 0 Å². The van der Waals surface area contributed by atoms with E-state index in [-0.39, 0.29) is 18.2 Å². The predicted octanol–water partition coefficient (Wildman–Crippen LogP) is 4.76. The van der Waals surface area contributed by atoms with E-state index in [9.17, 15) is 9.59 Å². The van der Waals surface area contributed by atoms with Crippen molar-refractivity contribution >= 4 is 40.1 Å². The molecule has 1 heterocycles. The average Bonchev–Trinajstić information content (AvgIpc) is 3.02. The van der Waals surface area contributed by atoms with E-state index in [1.54, 1.807) is 24.1 Å². The van der Waals surface area contributed by atoms with Gasteiger partial charge in [0, 0.05) is 13.0 Å². The number of hydrogen-bond donors (Lipinski definition) is 1. The number of carbonyl (C=O) groups excluding carboxylic acids is 2. The van der Waals surface area contributed by atoms with Crippen LogP contribution in [-0.2, 0) is 9.59 Å². The van der Waals surface area contributed by atoms with Crippen molar-refractivity contribution < 1.29 is 14.3 Å². The predicted molar refractivity (Wildman–Crippen MR) is 123 cm³/mol. The molecular formula is C23H27N3O3S. The number of thioether (sulfide) groups is 1. The molecule has 1 fully saturated rings. The van der Waals surface area contributed by atoms with Gasteiger partial charge in [-0.1, -0.05) is 54.9 Å². The second-order valence-electron chi connectivity index (χ2n) is 7.13. The van der Waals surface area contributed by atoms with Crippen LogP contribution in [-0.4, -0.2) is 40.8 Å². The van der Waals surface area contributed by atoms with Gasteiger partial charge in [0.05, 0.1) is 18.5 Å². The van der Waals surface area contributed by atoms with E-state index in [4.69, 9.17) is 4.74 Å². The van der Waals surface area contributed by atoms with E-state index >= 15 is 0 Å². The van der Waals surface area contributed by atoms with Crippen molar-refractivity contribution in [2.45, 2.75) is 38.4 Å². The number of hydrogen-bond acceptors (Lipinski definition) is 5. The third-order valence-corrected chi connectivity index (χ3v) is 5.94. The van der Waals surface area contributed by atoms with Crippen LogP contribution in [0.25, 0.3) is 0 Å². The molecule has 1 N–H and O–H groups in total. The van der Waals surface area contributed by atoms with Crippen LogP contribution < -0.4 is 10.1 Å². The van der Waals surface area contributed by atoms with Gasteiger partial charge < -0.3 is 10.1 Å². The van der Waals surface area contributed by atoms with Crippen LogP contribution in [0.5, 0.6) is 5.75 Å². The molecule has 3 rings (SSSR count). The van der Waals surface area contributed by atoms with Crippen LogP contribution >= 0.6 is 11.8 Å². The topological polar surface area (TPSA) is 71.0 Å². The standard InChI is InChI=1S/C23H27N3O3S/c1-4-5-14-26-22(28)20(30-23(26)24-17-12-10-16(2)11-13-17)15-21(27)25-18-8-6-7-9-19(18)29-3/h6-13,20H,4-5,14-15H2,1-3H3,(H,25,27)/t20-/m0/s1. The van der Waals surface area contributed by atoms with E-state index in [1.807, 2.05) is 43.3 Å². The van der Waals surface area contributed by atoms with Gasteiger partial charge in [0.1, 0.15) is 11.0 Å². The monoisotopic (exact) mass is 425 g/mol. The molecule has 30 heavy (non-hydrogen) atoms. The van der Waals surface area contributed by atoms with Gasteiger partial charge in [-0.05, 0) is 37.6 Å². The number of amides is 2. The Morgan fingerprint density at radius 2 is 1.93 bits per heavy atom. The Kier molecular flexibility index (Phi) is 7.52. The van der Waals surface area contributed by atoms with Gasteiger partial charge in [0.15, 0.2) is 5.17 Å². The zero-order valence-electron chi connectivity index (χ0n) is 17.6. The number of benzene rings is 2. The summed E-state index contributed by atoms with van der Waals surface area (Å²) < 4.78 is 5.28. The summed E-state index contributed by atoms with van der Waals surface area (Å²) in [6.45, 7) is 4.72. The van der Waals surface area contributed by atoms with E-state index in [0.717, 1.165) is 24.1 Å². The Hall–Kier alpha value is -2.80. The van der Waals surface area contributed by atoms with Crippen LogP contribution in [0.3, 0.4) is 0 Å². The first-order chi connectivity index (χ1) is 14.5. The fourth-order valence-corrected chi connectivity index (χ4v) is 4.28. The minimum absolute atomic E-state index is 0.0607. The van der Waals surface area contributed by atoms with Gasteiger partial charge in [-0.3, -0.25) is 14.5 Å². The molecule has 1 saturated heterocycles. The van der Waals surface area contributed by atoms with Crippen molar-refractivity contribution in [1.82, 2.24) is 4.90 Å². The molecule has 0 saturated carbocycles. The zero-order chi connectivity index (χ0) is 21.5. The quantitative estimate of drug-likeness (QED) is 0.662. The molecule has 0 aromatic heterocycles. The van der Waals surface area contributed by atoms with E-state index in [0.29, 0.717) is 23.1 Å². The lowest BCUT2D eigenvalue weighted by Gasteiger charge is -2.16. The molecular weight excluding hydrogens is 398 g/mol. The fourth-order valence-electron chi connectivity index (χ4n) is 3.09. The summed E-state index contributed by atoms with van der Waals surface area (Å²) in [6, 6.07) is 15.1. The third-order valence-electron chi connectivity index (χ3n) is 4.77. The van der Waals surface area contributed by atoms with Crippen molar-refractivity contribution in [2.24, 2.45) is 4.99 Å². The van der Waals surface area contributed by atoms with Gasteiger partial charge >= 0.3 is 0 Å². The molecule has 2 aromatic carbocycles. The van der Waals surface area contributed by atoms with Gasteiger partial charge in [-0.15, -0.1) is 0 Å². The Morgan fingerprint density at radius 3 is 2.63 bits per heavy atom. The molecule has 2 aromatic rings. The maximum Gasteiger partial charge on any atom is 0.242 e. The number of methoxy groups -OCH3 is 1. The zero-order valence-corrected chi connectivity index (χ0v) is 18.4.